The molecular formula is C12H14O3. The van der Waals surface area contributed by atoms with Crippen LogP contribution in [0.5, 0.6) is 11.5 Å². The Morgan fingerprint density at radius 1 is 1.47 bits per heavy atom. The summed E-state index contributed by atoms with van der Waals surface area (Å²) in [5.74, 6) is 0.923. The zero-order valence-electron chi connectivity index (χ0n) is 8.75. The Morgan fingerprint density at radius 3 is 3.00 bits per heavy atom. The number of carbonyl (C=O) groups excluding carboxylic acids is 1. The number of fused-ring (bicyclic) bond motifs is 1. The highest BCUT2D eigenvalue weighted by Gasteiger charge is 2.22. The first-order chi connectivity index (χ1) is 7.24. The number of Topliss-reactive ketones (excluding diaryl/α,β-unsaturated/α-hetero) is 1. The highest BCUT2D eigenvalue weighted by Crippen LogP contribution is 2.35. The molecule has 3 nitrogen and oxygen atoms in total. The molecule has 3 heteroatoms. The van der Waals surface area contributed by atoms with E-state index in [1.807, 2.05) is 6.92 Å². The second-order valence-corrected chi connectivity index (χ2v) is 3.71. The van der Waals surface area contributed by atoms with Crippen molar-refractivity contribution in [3.05, 3.63) is 23.3 Å². The second kappa shape index (κ2) is 3.93. The number of hydrogen-bond acceptors (Lipinski definition) is 3. The van der Waals surface area contributed by atoms with Crippen molar-refractivity contribution in [3.8, 4) is 11.5 Å². The largest absolute Gasteiger partial charge is 0.508 e. The van der Waals surface area contributed by atoms with Gasteiger partial charge in [0.1, 0.15) is 11.5 Å². The third-order valence-electron chi connectivity index (χ3n) is 2.61. The average Bonchev–Trinajstić information content (AvgIpc) is 2.23. The van der Waals surface area contributed by atoms with E-state index in [0.717, 1.165) is 18.4 Å². The summed E-state index contributed by atoms with van der Waals surface area (Å²) in [7, 11) is 0. The quantitative estimate of drug-likeness (QED) is 0.807. The van der Waals surface area contributed by atoms with Crippen LogP contribution >= 0.6 is 0 Å². The fourth-order valence-corrected chi connectivity index (χ4v) is 1.87. The Labute approximate surface area is 88.7 Å². The number of ketones is 1. The summed E-state index contributed by atoms with van der Waals surface area (Å²) in [6.07, 6.45) is 2.09. The monoisotopic (exact) mass is 206 g/mol. The lowest BCUT2D eigenvalue weighted by molar-refractivity contribution is 0.0932. The number of carbonyl (C=O) groups is 1. The Balaban J connectivity index is 2.53. The lowest BCUT2D eigenvalue weighted by Crippen LogP contribution is -2.16. The van der Waals surface area contributed by atoms with Gasteiger partial charge in [0, 0.05) is 12.0 Å². The second-order valence-electron chi connectivity index (χ2n) is 3.71. The predicted molar refractivity (Wildman–Crippen MR) is 56.5 cm³/mol. The number of hydrogen-bond donors (Lipinski definition) is 1. The van der Waals surface area contributed by atoms with Gasteiger partial charge in [0.15, 0.2) is 5.78 Å². The van der Waals surface area contributed by atoms with Crippen molar-refractivity contribution in [2.75, 3.05) is 6.61 Å². The minimum Gasteiger partial charge on any atom is -0.508 e. The molecule has 80 valence electrons. The minimum atomic E-state index is 0.105. The highest BCUT2D eigenvalue weighted by atomic mass is 16.5. The van der Waals surface area contributed by atoms with E-state index in [9.17, 15) is 9.90 Å². The van der Waals surface area contributed by atoms with Crippen molar-refractivity contribution in [1.82, 2.24) is 0 Å². The topological polar surface area (TPSA) is 46.5 Å². The van der Waals surface area contributed by atoms with Crippen LogP contribution in [-0.4, -0.2) is 17.5 Å². The number of ether oxygens (including phenoxy) is 1. The molecule has 1 aromatic rings. The van der Waals surface area contributed by atoms with Gasteiger partial charge in [-0.15, -0.1) is 0 Å². The molecule has 2 rings (SSSR count). The average molecular weight is 206 g/mol. The predicted octanol–water partition coefficient (Wildman–Crippen LogP) is 2.31. The summed E-state index contributed by atoms with van der Waals surface area (Å²) in [5, 5.41) is 9.69. The summed E-state index contributed by atoms with van der Waals surface area (Å²) >= 11 is 0. The molecule has 1 aliphatic rings. The molecule has 0 spiro atoms. The maximum Gasteiger partial charge on any atom is 0.170 e. The van der Waals surface area contributed by atoms with E-state index in [1.54, 1.807) is 12.1 Å². The molecule has 0 aromatic heterocycles. The normalized spacial score (nSPS) is 14.6. The van der Waals surface area contributed by atoms with Crippen LogP contribution in [0.4, 0.5) is 0 Å². The van der Waals surface area contributed by atoms with Crippen LogP contribution in [0.3, 0.4) is 0 Å². The van der Waals surface area contributed by atoms with Gasteiger partial charge in [-0.05, 0) is 18.6 Å². The zero-order chi connectivity index (χ0) is 10.8. The summed E-state index contributed by atoms with van der Waals surface area (Å²) in [4.78, 5) is 11.6. The van der Waals surface area contributed by atoms with Crippen molar-refractivity contribution in [2.24, 2.45) is 0 Å². The number of rotatable bonds is 2. The summed E-state index contributed by atoms with van der Waals surface area (Å²) in [6.45, 7) is 2.45. The Morgan fingerprint density at radius 2 is 2.27 bits per heavy atom. The van der Waals surface area contributed by atoms with E-state index in [4.69, 9.17) is 4.74 Å². The zero-order valence-corrected chi connectivity index (χ0v) is 8.75. The van der Waals surface area contributed by atoms with Crippen LogP contribution in [0.25, 0.3) is 0 Å². The fraction of sp³-hybridized carbons (Fsp3) is 0.417. The maximum atomic E-state index is 11.6. The third-order valence-corrected chi connectivity index (χ3v) is 2.61. The molecule has 15 heavy (non-hydrogen) atoms. The van der Waals surface area contributed by atoms with Crippen molar-refractivity contribution < 1.29 is 14.6 Å². The van der Waals surface area contributed by atoms with Crippen molar-refractivity contribution >= 4 is 5.78 Å². The van der Waals surface area contributed by atoms with Crippen molar-refractivity contribution in [2.45, 2.75) is 26.2 Å². The van der Waals surface area contributed by atoms with E-state index >= 15 is 0 Å². The maximum absolute atomic E-state index is 11.6. The molecular weight excluding hydrogens is 192 g/mol. The summed E-state index contributed by atoms with van der Waals surface area (Å²) < 4.78 is 5.48. The van der Waals surface area contributed by atoms with Crippen LogP contribution in [0, 0.1) is 0 Å². The van der Waals surface area contributed by atoms with Gasteiger partial charge in [0.2, 0.25) is 0 Å². The molecule has 0 atom stereocenters. The molecule has 0 bridgehead atoms. The van der Waals surface area contributed by atoms with Gasteiger partial charge < -0.3 is 9.84 Å². The molecule has 0 amide bonds. The highest BCUT2D eigenvalue weighted by molar-refractivity contribution is 6.00. The molecule has 0 unspecified atom stereocenters. The van der Waals surface area contributed by atoms with Gasteiger partial charge in [-0.1, -0.05) is 13.3 Å². The van der Waals surface area contributed by atoms with Crippen LogP contribution in [0.15, 0.2) is 12.1 Å². The molecule has 0 aliphatic carbocycles. The van der Waals surface area contributed by atoms with Gasteiger partial charge >= 0.3 is 0 Å². The summed E-state index contributed by atoms with van der Waals surface area (Å²) in [5.41, 5.74) is 1.38. The molecule has 0 saturated carbocycles. The Hall–Kier alpha value is -1.51. The van der Waals surface area contributed by atoms with Crippen molar-refractivity contribution in [3.63, 3.8) is 0 Å². The first-order valence-electron chi connectivity index (χ1n) is 5.25. The SMILES string of the molecule is CCCc1c(O)ccc2c1OCCC2=O. The molecule has 1 heterocycles. The van der Waals surface area contributed by atoms with Crippen LogP contribution in [0.2, 0.25) is 0 Å². The Bertz CT molecular complexity index is 396. The molecule has 0 fully saturated rings. The van der Waals surface area contributed by atoms with Crippen LogP contribution < -0.4 is 4.74 Å². The van der Waals surface area contributed by atoms with Gasteiger partial charge in [-0.25, -0.2) is 0 Å². The lowest BCUT2D eigenvalue weighted by Gasteiger charge is -2.20. The summed E-state index contributed by atoms with van der Waals surface area (Å²) in [6, 6.07) is 3.22. The van der Waals surface area contributed by atoms with E-state index < -0.39 is 0 Å². The van der Waals surface area contributed by atoms with E-state index in [-0.39, 0.29) is 11.5 Å². The van der Waals surface area contributed by atoms with E-state index in [1.165, 1.54) is 0 Å². The smallest absolute Gasteiger partial charge is 0.170 e. The number of phenolic OH excluding ortho intramolecular Hbond substituents is 1. The first-order valence-corrected chi connectivity index (χ1v) is 5.25. The van der Waals surface area contributed by atoms with E-state index in [2.05, 4.69) is 0 Å². The van der Waals surface area contributed by atoms with Gasteiger partial charge in [0.25, 0.3) is 0 Å². The Kier molecular flexibility index (Phi) is 2.62. The molecule has 1 aliphatic heterocycles. The van der Waals surface area contributed by atoms with Crippen molar-refractivity contribution in [1.29, 1.82) is 0 Å². The van der Waals surface area contributed by atoms with Crippen LogP contribution in [-0.2, 0) is 6.42 Å². The third kappa shape index (κ3) is 1.69. The van der Waals surface area contributed by atoms with Crippen LogP contribution in [0.1, 0.15) is 35.7 Å². The fourth-order valence-electron chi connectivity index (χ4n) is 1.87. The molecule has 0 radical (unpaired) electrons. The van der Waals surface area contributed by atoms with E-state index in [0.29, 0.717) is 24.3 Å². The molecule has 1 aromatic carbocycles. The molecule has 0 saturated heterocycles. The van der Waals surface area contributed by atoms with Gasteiger partial charge in [-0.2, -0.15) is 0 Å². The number of aromatic hydroxyl groups is 1. The lowest BCUT2D eigenvalue weighted by atomic mass is 9.98. The van der Waals surface area contributed by atoms with Gasteiger partial charge in [-0.3, -0.25) is 4.79 Å². The first kappa shape index (κ1) is 10.0. The number of benzene rings is 1. The standard InChI is InChI=1S/C12H14O3/c1-2-3-8-10(13)5-4-9-11(14)6-7-15-12(8)9/h4-5,13H,2-3,6-7H2,1H3. The van der Waals surface area contributed by atoms with Gasteiger partial charge in [0.05, 0.1) is 12.2 Å². The minimum absolute atomic E-state index is 0.105. The molecule has 1 N–H and O–H groups in total. The number of phenols is 1.